The van der Waals surface area contributed by atoms with Gasteiger partial charge in [-0.3, -0.25) is 9.59 Å². The minimum atomic E-state index is -1.16. The molecule has 0 aliphatic carbocycles. The Morgan fingerprint density at radius 2 is 2.27 bits per heavy atom. The molecule has 1 aliphatic rings. The Hall–Kier alpha value is -1.79. The average molecular weight is 215 g/mol. The van der Waals surface area contributed by atoms with E-state index in [-0.39, 0.29) is 12.6 Å². The van der Waals surface area contributed by atoms with Crippen molar-refractivity contribution < 1.29 is 19.5 Å². The van der Waals surface area contributed by atoms with Crippen molar-refractivity contribution >= 4 is 17.9 Å². The predicted octanol–water partition coefficient (Wildman–Crippen LogP) is -1.40. The van der Waals surface area contributed by atoms with Gasteiger partial charge in [-0.15, -0.1) is 0 Å². The lowest BCUT2D eigenvalue weighted by molar-refractivity contribution is -0.140. The minimum Gasteiger partial charge on any atom is -0.481 e. The van der Waals surface area contributed by atoms with Crippen molar-refractivity contribution in [3.8, 4) is 0 Å². The van der Waals surface area contributed by atoms with Gasteiger partial charge in [-0.1, -0.05) is 0 Å². The molecule has 0 radical (unpaired) electrons. The van der Waals surface area contributed by atoms with E-state index in [2.05, 4.69) is 10.6 Å². The second-order valence-corrected chi connectivity index (χ2v) is 3.14. The molecule has 1 rings (SSSR count). The summed E-state index contributed by atoms with van der Waals surface area (Å²) in [4.78, 5) is 33.6. The molecule has 0 bridgehead atoms. The third-order valence-corrected chi connectivity index (χ3v) is 1.96. The zero-order valence-corrected chi connectivity index (χ0v) is 8.15. The fraction of sp³-hybridized carbons (Fsp3) is 0.625. The lowest BCUT2D eigenvalue weighted by Crippen LogP contribution is -2.37. The van der Waals surface area contributed by atoms with Gasteiger partial charge in [0.05, 0.1) is 0 Å². The van der Waals surface area contributed by atoms with Gasteiger partial charge in [0.2, 0.25) is 5.91 Å². The summed E-state index contributed by atoms with van der Waals surface area (Å²) in [5.41, 5.74) is 0. The predicted molar refractivity (Wildman–Crippen MR) is 50.2 cm³/mol. The number of rotatable bonds is 5. The summed E-state index contributed by atoms with van der Waals surface area (Å²) in [5.74, 6) is -1.70. The second-order valence-electron chi connectivity index (χ2n) is 3.14. The third kappa shape index (κ3) is 3.84. The molecule has 15 heavy (non-hydrogen) atoms. The molecule has 84 valence electrons. The zero-order valence-electron chi connectivity index (χ0n) is 8.15. The van der Waals surface area contributed by atoms with E-state index >= 15 is 0 Å². The molecule has 0 aromatic heterocycles. The quantitative estimate of drug-likeness (QED) is 0.491. The van der Waals surface area contributed by atoms with Gasteiger partial charge < -0.3 is 20.6 Å². The topological polar surface area (TPSA) is 98.7 Å². The summed E-state index contributed by atoms with van der Waals surface area (Å²) in [6, 6.07) is -0.150. The molecule has 1 saturated heterocycles. The number of nitrogens with one attached hydrogen (secondary N) is 2. The van der Waals surface area contributed by atoms with Crippen molar-refractivity contribution in [2.24, 2.45) is 0 Å². The number of carbonyl (C=O) groups excluding carboxylic acids is 2. The van der Waals surface area contributed by atoms with E-state index in [1.54, 1.807) is 4.90 Å². The first kappa shape index (κ1) is 11.3. The molecule has 0 aromatic carbocycles. The molecular formula is C8H13N3O4. The Morgan fingerprint density at radius 1 is 1.53 bits per heavy atom. The van der Waals surface area contributed by atoms with Crippen LogP contribution in [0.4, 0.5) is 4.79 Å². The molecule has 1 aliphatic heterocycles. The van der Waals surface area contributed by atoms with E-state index in [4.69, 9.17) is 5.11 Å². The van der Waals surface area contributed by atoms with Gasteiger partial charge in [0, 0.05) is 26.2 Å². The molecule has 0 atom stereocenters. The van der Waals surface area contributed by atoms with E-state index in [0.717, 1.165) is 0 Å². The highest BCUT2D eigenvalue weighted by Crippen LogP contribution is 1.94. The molecule has 0 unspecified atom stereocenters. The first-order valence-electron chi connectivity index (χ1n) is 4.61. The van der Waals surface area contributed by atoms with Crippen LogP contribution in [0, 0.1) is 0 Å². The van der Waals surface area contributed by atoms with Crippen molar-refractivity contribution in [3.05, 3.63) is 0 Å². The first-order chi connectivity index (χ1) is 7.09. The van der Waals surface area contributed by atoms with Gasteiger partial charge >= 0.3 is 12.0 Å². The maximum Gasteiger partial charge on any atom is 0.317 e. The highest BCUT2D eigenvalue weighted by molar-refractivity contribution is 5.93. The number of urea groups is 1. The molecule has 1 heterocycles. The molecule has 7 nitrogen and oxygen atoms in total. The SMILES string of the molecule is O=C(O)CC(=O)NCCN1CCNC1=O. The Kier molecular flexibility index (Phi) is 3.90. The Balaban J connectivity index is 2.13. The molecule has 3 amide bonds. The maximum atomic E-state index is 11.0. The first-order valence-corrected chi connectivity index (χ1v) is 4.61. The fourth-order valence-corrected chi connectivity index (χ4v) is 1.25. The van der Waals surface area contributed by atoms with E-state index in [1.807, 2.05) is 0 Å². The highest BCUT2D eigenvalue weighted by Gasteiger charge is 2.18. The molecule has 0 saturated carbocycles. The van der Waals surface area contributed by atoms with Crippen LogP contribution in [0.2, 0.25) is 0 Å². The maximum absolute atomic E-state index is 11.0. The van der Waals surface area contributed by atoms with Crippen LogP contribution in [-0.2, 0) is 9.59 Å². The van der Waals surface area contributed by atoms with Crippen LogP contribution in [-0.4, -0.2) is 54.1 Å². The highest BCUT2D eigenvalue weighted by atomic mass is 16.4. The summed E-state index contributed by atoms with van der Waals surface area (Å²) >= 11 is 0. The van der Waals surface area contributed by atoms with Crippen molar-refractivity contribution in [1.29, 1.82) is 0 Å². The van der Waals surface area contributed by atoms with Crippen LogP contribution in [0.25, 0.3) is 0 Å². The lowest BCUT2D eigenvalue weighted by atomic mass is 10.4. The van der Waals surface area contributed by atoms with Gasteiger partial charge in [-0.2, -0.15) is 0 Å². The monoisotopic (exact) mass is 215 g/mol. The second kappa shape index (κ2) is 5.18. The van der Waals surface area contributed by atoms with E-state index < -0.39 is 18.3 Å². The Morgan fingerprint density at radius 3 is 2.80 bits per heavy atom. The van der Waals surface area contributed by atoms with Gasteiger partial charge in [-0.25, -0.2) is 4.79 Å². The fourth-order valence-electron chi connectivity index (χ4n) is 1.25. The molecule has 0 spiro atoms. The van der Waals surface area contributed by atoms with Crippen molar-refractivity contribution in [2.45, 2.75) is 6.42 Å². The number of nitrogens with zero attached hydrogens (tertiary/aromatic N) is 1. The van der Waals surface area contributed by atoms with E-state index in [0.29, 0.717) is 19.6 Å². The van der Waals surface area contributed by atoms with Gasteiger partial charge in [0.1, 0.15) is 6.42 Å². The number of carboxylic acid groups (broad SMARTS) is 1. The number of aliphatic carboxylic acids is 1. The average Bonchev–Trinajstić information content (AvgIpc) is 2.50. The molecule has 3 N–H and O–H groups in total. The Labute approximate surface area is 86.4 Å². The van der Waals surface area contributed by atoms with Gasteiger partial charge in [-0.05, 0) is 0 Å². The van der Waals surface area contributed by atoms with Crippen molar-refractivity contribution in [1.82, 2.24) is 15.5 Å². The van der Waals surface area contributed by atoms with Crippen molar-refractivity contribution in [3.63, 3.8) is 0 Å². The largest absolute Gasteiger partial charge is 0.481 e. The van der Waals surface area contributed by atoms with Gasteiger partial charge in [0.25, 0.3) is 0 Å². The van der Waals surface area contributed by atoms with Crippen LogP contribution in [0.1, 0.15) is 6.42 Å². The normalized spacial score (nSPS) is 14.9. The lowest BCUT2D eigenvalue weighted by Gasteiger charge is -2.13. The van der Waals surface area contributed by atoms with Crippen LogP contribution in [0.3, 0.4) is 0 Å². The van der Waals surface area contributed by atoms with Crippen LogP contribution in [0.5, 0.6) is 0 Å². The zero-order chi connectivity index (χ0) is 11.3. The Bertz CT molecular complexity index is 279. The number of hydrogen-bond donors (Lipinski definition) is 3. The number of carbonyl (C=O) groups is 3. The third-order valence-electron chi connectivity index (χ3n) is 1.96. The van der Waals surface area contributed by atoms with Crippen LogP contribution in [0.15, 0.2) is 0 Å². The summed E-state index contributed by atoms with van der Waals surface area (Å²) in [7, 11) is 0. The molecular weight excluding hydrogens is 202 g/mol. The molecule has 0 aromatic rings. The van der Waals surface area contributed by atoms with Crippen molar-refractivity contribution in [2.75, 3.05) is 26.2 Å². The van der Waals surface area contributed by atoms with E-state index in [1.165, 1.54) is 0 Å². The summed E-state index contributed by atoms with van der Waals surface area (Å²) in [6.07, 6.45) is -0.536. The van der Waals surface area contributed by atoms with Crippen LogP contribution >= 0.6 is 0 Å². The van der Waals surface area contributed by atoms with Crippen LogP contribution < -0.4 is 10.6 Å². The van der Waals surface area contributed by atoms with E-state index in [9.17, 15) is 14.4 Å². The summed E-state index contributed by atoms with van der Waals surface area (Å²) in [6.45, 7) is 1.91. The van der Waals surface area contributed by atoms with Gasteiger partial charge in [0.15, 0.2) is 0 Å². The standard InChI is InChI=1S/C8H13N3O4/c12-6(5-7(13)14)9-1-3-11-4-2-10-8(11)15/h1-5H2,(H,9,12)(H,10,15)(H,13,14). The molecule has 7 heteroatoms. The minimum absolute atomic E-state index is 0.150. The summed E-state index contributed by atoms with van der Waals surface area (Å²) < 4.78 is 0. The molecule has 1 fully saturated rings. The number of amides is 3. The summed E-state index contributed by atoms with van der Waals surface area (Å²) in [5, 5.41) is 13.3. The number of carboxylic acids is 1. The number of hydrogen-bond acceptors (Lipinski definition) is 3. The smallest absolute Gasteiger partial charge is 0.317 e.